The van der Waals surface area contributed by atoms with E-state index in [4.69, 9.17) is 14.2 Å². The van der Waals surface area contributed by atoms with E-state index in [-0.39, 0.29) is 17.7 Å². The van der Waals surface area contributed by atoms with Gasteiger partial charge in [0.1, 0.15) is 17.7 Å². The second-order valence-electron chi connectivity index (χ2n) is 8.31. The molecule has 5 heteroatoms. The molecule has 1 unspecified atom stereocenters. The van der Waals surface area contributed by atoms with Gasteiger partial charge < -0.3 is 14.2 Å². The lowest BCUT2D eigenvalue weighted by atomic mass is 9.70. The third-order valence-corrected chi connectivity index (χ3v) is 6.44. The Labute approximate surface area is 160 Å². The van der Waals surface area contributed by atoms with Crippen LogP contribution in [0.25, 0.3) is 0 Å². The predicted molar refractivity (Wildman–Crippen MR) is 98.9 cm³/mol. The Morgan fingerprint density at radius 1 is 0.963 bits per heavy atom. The third kappa shape index (κ3) is 5.29. The maximum atomic E-state index is 12.9. The van der Waals surface area contributed by atoms with Gasteiger partial charge in [0.25, 0.3) is 0 Å². The van der Waals surface area contributed by atoms with Gasteiger partial charge in [-0.05, 0) is 87.5 Å². The van der Waals surface area contributed by atoms with Crippen molar-refractivity contribution in [1.82, 2.24) is 0 Å². The standard InChI is InChI=1S/C22H29FO4/c23-18-7-11-20(12-8-18)27-22(24)17-3-1-15(2-4-17)16-5-9-19(10-6-16)25-13-21-14-26-21/h7-8,11-12,15-17,19,21H,1-6,9-10,13-14H2. The molecule has 0 radical (unpaired) electrons. The van der Waals surface area contributed by atoms with Crippen LogP contribution in [0.1, 0.15) is 51.4 Å². The molecule has 3 aliphatic rings. The van der Waals surface area contributed by atoms with E-state index >= 15 is 0 Å². The summed E-state index contributed by atoms with van der Waals surface area (Å²) < 4.78 is 29.5. The van der Waals surface area contributed by atoms with Crippen LogP contribution in [0.2, 0.25) is 0 Å². The van der Waals surface area contributed by atoms with Crippen molar-refractivity contribution < 1.29 is 23.4 Å². The quantitative estimate of drug-likeness (QED) is 0.416. The van der Waals surface area contributed by atoms with Gasteiger partial charge in [-0.15, -0.1) is 0 Å². The summed E-state index contributed by atoms with van der Waals surface area (Å²) in [4.78, 5) is 12.4. The van der Waals surface area contributed by atoms with Gasteiger partial charge in [-0.25, -0.2) is 4.39 Å². The molecule has 0 aromatic heterocycles. The smallest absolute Gasteiger partial charge is 0.314 e. The highest BCUT2D eigenvalue weighted by Crippen LogP contribution is 2.41. The minimum absolute atomic E-state index is 0.0236. The lowest BCUT2D eigenvalue weighted by Gasteiger charge is -2.37. The molecular weight excluding hydrogens is 347 g/mol. The van der Waals surface area contributed by atoms with E-state index in [0.717, 1.165) is 63.6 Å². The number of halogens is 1. The monoisotopic (exact) mass is 376 g/mol. The first-order chi connectivity index (χ1) is 13.2. The molecule has 1 aromatic rings. The average Bonchev–Trinajstić information content (AvgIpc) is 3.53. The van der Waals surface area contributed by atoms with Crippen molar-refractivity contribution in [3.05, 3.63) is 30.1 Å². The highest BCUT2D eigenvalue weighted by Gasteiger charge is 2.34. The zero-order valence-electron chi connectivity index (χ0n) is 15.8. The fourth-order valence-electron chi connectivity index (χ4n) is 4.66. The van der Waals surface area contributed by atoms with Gasteiger partial charge in [-0.3, -0.25) is 4.79 Å². The van der Waals surface area contributed by atoms with E-state index < -0.39 is 0 Å². The van der Waals surface area contributed by atoms with Gasteiger partial charge >= 0.3 is 5.97 Å². The molecule has 4 nitrogen and oxygen atoms in total. The maximum absolute atomic E-state index is 12.9. The number of ether oxygens (including phenoxy) is 3. The molecule has 1 aliphatic heterocycles. The summed E-state index contributed by atoms with van der Waals surface area (Å²) in [6.07, 6.45) is 9.58. The van der Waals surface area contributed by atoms with Crippen molar-refractivity contribution in [2.45, 2.75) is 63.6 Å². The van der Waals surface area contributed by atoms with Crippen molar-refractivity contribution in [2.24, 2.45) is 17.8 Å². The molecule has 0 amide bonds. The van der Waals surface area contributed by atoms with E-state index in [2.05, 4.69) is 0 Å². The average molecular weight is 376 g/mol. The molecule has 27 heavy (non-hydrogen) atoms. The molecule has 3 fully saturated rings. The first-order valence-electron chi connectivity index (χ1n) is 10.4. The fraction of sp³-hybridized carbons (Fsp3) is 0.682. The van der Waals surface area contributed by atoms with Crippen LogP contribution in [0.5, 0.6) is 5.75 Å². The summed E-state index contributed by atoms with van der Waals surface area (Å²) in [5.74, 6) is 1.42. The SMILES string of the molecule is O=C(Oc1ccc(F)cc1)C1CCC(C2CCC(OCC3CO3)CC2)CC1. The Bertz CT molecular complexity index is 612. The molecule has 0 spiro atoms. The third-order valence-electron chi connectivity index (χ3n) is 6.44. The topological polar surface area (TPSA) is 48.1 Å². The molecule has 4 rings (SSSR count). The van der Waals surface area contributed by atoms with Crippen molar-refractivity contribution in [3.63, 3.8) is 0 Å². The number of carbonyl (C=O) groups is 1. The van der Waals surface area contributed by atoms with Crippen LogP contribution in [0, 0.1) is 23.6 Å². The van der Waals surface area contributed by atoms with Gasteiger partial charge in [0.05, 0.1) is 25.2 Å². The zero-order valence-corrected chi connectivity index (χ0v) is 15.8. The van der Waals surface area contributed by atoms with Gasteiger partial charge in [-0.1, -0.05) is 0 Å². The van der Waals surface area contributed by atoms with Crippen molar-refractivity contribution in [3.8, 4) is 5.75 Å². The van der Waals surface area contributed by atoms with Crippen molar-refractivity contribution >= 4 is 5.97 Å². The number of rotatable bonds is 6. The Morgan fingerprint density at radius 3 is 2.15 bits per heavy atom. The number of epoxide rings is 1. The molecule has 148 valence electrons. The van der Waals surface area contributed by atoms with Crippen LogP contribution >= 0.6 is 0 Å². The summed E-state index contributed by atoms with van der Waals surface area (Å²) in [5, 5.41) is 0. The number of hydrogen-bond acceptors (Lipinski definition) is 4. The maximum Gasteiger partial charge on any atom is 0.314 e. The van der Waals surface area contributed by atoms with E-state index in [1.807, 2.05) is 0 Å². The summed E-state index contributed by atoms with van der Waals surface area (Å²) in [5.41, 5.74) is 0. The Morgan fingerprint density at radius 2 is 1.56 bits per heavy atom. The van der Waals surface area contributed by atoms with Crippen LogP contribution in [-0.4, -0.2) is 31.4 Å². The molecule has 1 atom stereocenters. The zero-order chi connectivity index (χ0) is 18.6. The molecule has 0 bridgehead atoms. The van der Waals surface area contributed by atoms with E-state index in [1.54, 1.807) is 0 Å². The van der Waals surface area contributed by atoms with E-state index in [9.17, 15) is 9.18 Å². The molecule has 1 aromatic carbocycles. The Kier molecular flexibility index (Phi) is 6.08. The predicted octanol–water partition coefficient (Wildman–Crippen LogP) is 4.51. The molecule has 2 saturated carbocycles. The Balaban J connectivity index is 1.17. The lowest BCUT2D eigenvalue weighted by Crippen LogP contribution is -2.31. The first kappa shape index (κ1) is 18.9. The van der Waals surface area contributed by atoms with E-state index in [1.165, 1.54) is 37.1 Å². The van der Waals surface area contributed by atoms with Crippen molar-refractivity contribution in [1.29, 1.82) is 0 Å². The Hall–Kier alpha value is -1.46. The fourth-order valence-corrected chi connectivity index (χ4v) is 4.66. The number of carbonyl (C=O) groups excluding carboxylic acids is 1. The highest BCUT2D eigenvalue weighted by atomic mass is 19.1. The minimum Gasteiger partial charge on any atom is -0.426 e. The van der Waals surface area contributed by atoms with Crippen LogP contribution in [0.4, 0.5) is 4.39 Å². The van der Waals surface area contributed by atoms with Crippen LogP contribution in [0.3, 0.4) is 0 Å². The summed E-state index contributed by atoms with van der Waals surface area (Å²) in [6, 6.07) is 5.65. The van der Waals surface area contributed by atoms with E-state index in [0.29, 0.717) is 18.0 Å². The molecule has 1 heterocycles. The van der Waals surface area contributed by atoms with Gasteiger partial charge in [0.15, 0.2) is 0 Å². The van der Waals surface area contributed by atoms with Crippen LogP contribution < -0.4 is 4.74 Å². The first-order valence-corrected chi connectivity index (χ1v) is 10.4. The second kappa shape index (κ2) is 8.70. The van der Waals surface area contributed by atoms with Crippen LogP contribution in [0.15, 0.2) is 24.3 Å². The summed E-state index contributed by atoms with van der Waals surface area (Å²) in [7, 11) is 0. The van der Waals surface area contributed by atoms with Gasteiger partial charge in [0, 0.05) is 0 Å². The number of hydrogen-bond donors (Lipinski definition) is 0. The highest BCUT2D eigenvalue weighted by molar-refractivity contribution is 5.75. The molecule has 0 N–H and O–H groups in total. The normalized spacial score (nSPS) is 33.4. The summed E-state index contributed by atoms with van der Waals surface area (Å²) >= 11 is 0. The molecular formula is C22H29FO4. The largest absolute Gasteiger partial charge is 0.426 e. The van der Waals surface area contributed by atoms with Crippen molar-refractivity contribution in [2.75, 3.05) is 13.2 Å². The minimum atomic E-state index is -0.323. The number of esters is 1. The lowest BCUT2D eigenvalue weighted by molar-refractivity contribution is -0.140. The summed E-state index contributed by atoms with van der Waals surface area (Å²) in [6.45, 7) is 1.62. The molecule has 2 aliphatic carbocycles. The second-order valence-corrected chi connectivity index (χ2v) is 8.31. The van der Waals surface area contributed by atoms with Gasteiger partial charge in [-0.2, -0.15) is 0 Å². The number of benzene rings is 1. The van der Waals surface area contributed by atoms with Gasteiger partial charge in [0.2, 0.25) is 0 Å². The van der Waals surface area contributed by atoms with Crippen LogP contribution in [-0.2, 0) is 14.3 Å². The molecule has 1 saturated heterocycles.